The molecule has 0 unspecified atom stereocenters. The monoisotopic (exact) mass is 465 g/mol. The van der Waals surface area contributed by atoms with E-state index in [1.807, 2.05) is 0 Å². The van der Waals surface area contributed by atoms with Crippen LogP contribution in [0.5, 0.6) is 5.75 Å². The van der Waals surface area contributed by atoms with Gasteiger partial charge in [0.2, 0.25) is 0 Å². The zero-order valence-corrected chi connectivity index (χ0v) is 20.4. The Morgan fingerprint density at radius 2 is 1.68 bits per heavy atom. The minimum atomic E-state index is -0.383. The Bertz CT molecular complexity index is 1010. The lowest BCUT2D eigenvalue weighted by Crippen LogP contribution is -2.49. The molecule has 6 heteroatoms. The molecule has 1 amide bonds. The summed E-state index contributed by atoms with van der Waals surface area (Å²) in [4.78, 5) is 19.9. The van der Waals surface area contributed by atoms with Crippen molar-refractivity contribution in [3.63, 3.8) is 0 Å². The van der Waals surface area contributed by atoms with Crippen LogP contribution in [0.4, 0.5) is 14.9 Å². The van der Waals surface area contributed by atoms with Crippen LogP contribution in [0.25, 0.3) is 0 Å². The Kier molecular flexibility index (Phi) is 6.52. The van der Waals surface area contributed by atoms with Gasteiger partial charge in [-0.2, -0.15) is 0 Å². The van der Waals surface area contributed by atoms with Crippen LogP contribution < -0.4 is 9.64 Å². The molecule has 0 N–H and O–H groups in total. The second-order valence-corrected chi connectivity index (χ2v) is 10.7. The second-order valence-electron chi connectivity index (χ2n) is 10.7. The van der Waals surface area contributed by atoms with Crippen LogP contribution in [-0.2, 0) is 12.0 Å². The van der Waals surface area contributed by atoms with Crippen LogP contribution in [0, 0.1) is 5.82 Å². The lowest BCUT2D eigenvalue weighted by molar-refractivity contribution is 0.148. The molecule has 0 aromatic heterocycles. The molecule has 2 aromatic carbocycles. The van der Waals surface area contributed by atoms with E-state index in [9.17, 15) is 9.18 Å². The molecule has 2 aliphatic heterocycles. The molecule has 3 aliphatic rings. The van der Waals surface area contributed by atoms with Crippen molar-refractivity contribution in [2.24, 2.45) is 0 Å². The minimum absolute atomic E-state index is 0.0278. The van der Waals surface area contributed by atoms with E-state index in [-0.39, 0.29) is 17.3 Å². The van der Waals surface area contributed by atoms with Crippen molar-refractivity contribution < 1.29 is 13.9 Å². The van der Waals surface area contributed by atoms with Gasteiger partial charge < -0.3 is 14.5 Å². The van der Waals surface area contributed by atoms with E-state index >= 15 is 0 Å². The third-order valence-corrected chi connectivity index (χ3v) is 7.98. The van der Waals surface area contributed by atoms with Gasteiger partial charge in [-0.1, -0.05) is 32.8 Å². The summed E-state index contributed by atoms with van der Waals surface area (Å²) in [5, 5.41) is 0. The molecule has 34 heavy (non-hydrogen) atoms. The molecular weight excluding hydrogens is 429 g/mol. The van der Waals surface area contributed by atoms with Crippen LogP contribution in [0.2, 0.25) is 0 Å². The average Bonchev–Trinajstić information content (AvgIpc) is 3.34. The highest BCUT2D eigenvalue weighted by molar-refractivity contribution is 5.71. The molecule has 182 valence electrons. The first-order valence-corrected chi connectivity index (χ1v) is 12.7. The molecule has 2 fully saturated rings. The molecule has 5 rings (SSSR count). The Balaban J connectivity index is 1.30. The molecule has 1 saturated heterocycles. The van der Waals surface area contributed by atoms with Crippen LogP contribution in [0.3, 0.4) is 0 Å². The van der Waals surface area contributed by atoms with Crippen molar-refractivity contribution in [2.45, 2.75) is 64.0 Å². The van der Waals surface area contributed by atoms with Gasteiger partial charge in [-0.25, -0.2) is 9.18 Å². The predicted molar refractivity (Wildman–Crippen MR) is 133 cm³/mol. The number of anilines is 1. The van der Waals surface area contributed by atoms with Gasteiger partial charge >= 0.3 is 6.09 Å². The van der Waals surface area contributed by atoms with Gasteiger partial charge in [0.05, 0.1) is 0 Å². The molecule has 0 spiro atoms. The number of fused-ring (bicyclic) bond motifs is 1. The lowest BCUT2D eigenvalue weighted by atomic mass is 9.80. The summed E-state index contributed by atoms with van der Waals surface area (Å²) in [5.74, 6) is 0.0193. The van der Waals surface area contributed by atoms with Crippen molar-refractivity contribution >= 4 is 11.8 Å². The lowest BCUT2D eigenvalue weighted by Gasteiger charge is -2.39. The van der Waals surface area contributed by atoms with E-state index in [2.05, 4.69) is 41.8 Å². The average molecular weight is 466 g/mol. The van der Waals surface area contributed by atoms with Gasteiger partial charge in [-0.05, 0) is 72.2 Å². The molecule has 0 radical (unpaired) electrons. The molecule has 1 aliphatic carbocycles. The van der Waals surface area contributed by atoms with E-state index in [0.717, 1.165) is 38.6 Å². The predicted octanol–water partition coefficient (Wildman–Crippen LogP) is 5.57. The van der Waals surface area contributed by atoms with Crippen LogP contribution in [-0.4, -0.2) is 54.7 Å². The molecule has 0 bridgehead atoms. The molecule has 2 aromatic rings. The van der Waals surface area contributed by atoms with Crippen LogP contribution >= 0.6 is 0 Å². The first kappa shape index (κ1) is 23.2. The number of carbonyl (C=O) groups is 1. The molecular formula is C28H36FN3O2. The van der Waals surface area contributed by atoms with Crippen molar-refractivity contribution in [3.8, 4) is 5.75 Å². The Morgan fingerprint density at radius 1 is 0.971 bits per heavy atom. The van der Waals surface area contributed by atoms with Crippen LogP contribution in [0.1, 0.15) is 57.1 Å². The van der Waals surface area contributed by atoms with E-state index < -0.39 is 0 Å². The number of amides is 1. The van der Waals surface area contributed by atoms with E-state index in [1.54, 1.807) is 4.90 Å². The molecule has 1 saturated carbocycles. The topological polar surface area (TPSA) is 36.0 Å². The van der Waals surface area contributed by atoms with Gasteiger partial charge in [0.1, 0.15) is 11.6 Å². The summed E-state index contributed by atoms with van der Waals surface area (Å²) < 4.78 is 18.8. The summed E-state index contributed by atoms with van der Waals surface area (Å²) in [5.41, 5.74) is 3.71. The third kappa shape index (κ3) is 4.92. The number of hydrogen-bond donors (Lipinski definition) is 0. The smallest absolute Gasteiger partial charge is 0.410 e. The normalized spacial score (nSPS) is 21.3. The van der Waals surface area contributed by atoms with E-state index in [1.165, 1.54) is 66.8 Å². The van der Waals surface area contributed by atoms with Gasteiger partial charge in [0, 0.05) is 51.0 Å². The number of rotatable bonds is 3. The van der Waals surface area contributed by atoms with E-state index in [0.29, 0.717) is 18.8 Å². The molecule has 5 nitrogen and oxygen atoms in total. The largest absolute Gasteiger partial charge is 0.415 e. The summed E-state index contributed by atoms with van der Waals surface area (Å²) in [6, 6.07) is 13.2. The van der Waals surface area contributed by atoms with Crippen molar-refractivity contribution in [1.29, 1.82) is 0 Å². The number of hydrogen-bond acceptors (Lipinski definition) is 4. The Hall–Kier alpha value is -2.60. The summed E-state index contributed by atoms with van der Waals surface area (Å²) in [6.07, 6.45) is 5.95. The highest BCUT2D eigenvalue weighted by Crippen LogP contribution is 2.36. The quantitative estimate of drug-likeness (QED) is 0.594. The summed E-state index contributed by atoms with van der Waals surface area (Å²) in [6.45, 7) is 10.0. The maximum Gasteiger partial charge on any atom is 0.415 e. The molecule has 0 atom stereocenters. The fourth-order valence-electron chi connectivity index (χ4n) is 5.84. The van der Waals surface area contributed by atoms with Gasteiger partial charge in [-0.15, -0.1) is 0 Å². The van der Waals surface area contributed by atoms with Crippen LogP contribution in [0.15, 0.2) is 42.5 Å². The fourth-order valence-corrected chi connectivity index (χ4v) is 5.84. The highest BCUT2D eigenvalue weighted by atomic mass is 19.1. The van der Waals surface area contributed by atoms with Gasteiger partial charge in [-0.3, -0.25) is 4.90 Å². The van der Waals surface area contributed by atoms with Crippen molar-refractivity contribution in [1.82, 2.24) is 9.80 Å². The van der Waals surface area contributed by atoms with Crippen molar-refractivity contribution in [3.05, 3.63) is 59.4 Å². The number of benzene rings is 2. The summed E-state index contributed by atoms with van der Waals surface area (Å²) >= 11 is 0. The number of halogens is 1. The first-order chi connectivity index (χ1) is 16.4. The highest BCUT2D eigenvalue weighted by Gasteiger charge is 2.32. The Labute approximate surface area is 202 Å². The number of carbonyl (C=O) groups excluding carboxylic acids is 1. The number of piperazine rings is 1. The minimum Gasteiger partial charge on any atom is -0.410 e. The van der Waals surface area contributed by atoms with Gasteiger partial charge in [0.25, 0.3) is 0 Å². The maximum absolute atomic E-state index is 13.2. The first-order valence-electron chi connectivity index (χ1n) is 12.7. The third-order valence-electron chi connectivity index (χ3n) is 7.98. The van der Waals surface area contributed by atoms with E-state index in [4.69, 9.17) is 4.74 Å². The Morgan fingerprint density at radius 3 is 2.38 bits per heavy atom. The zero-order valence-electron chi connectivity index (χ0n) is 20.4. The number of ether oxygens (including phenoxy) is 1. The fraction of sp³-hybridized carbons (Fsp3) is 0.536. The van der Waals surface area contributed by atoms with Crippen molar-refractivity contribution in [2.75, 3.05) is 37.6 Å². The summed E-state index contributed by atoms with van der Waals surface area (Å²) in [7, 11) is 0. The maximum atomic E-state index is 13.2. The van der Waals surface area contributed by atoms with Gasteiger partial charge in [0.15, 0.2) is 0 Å². The zero-order chi connectivity index (χ0) is 23.7. The standard InChI is InChI=1S/C28H36FN3O2/c1-28(2)13-14-32(27(33)34-25-10-7-22(29)8-11-25)20-21-19-24(9-12-26(21)28)31-17-15-30(16-18-31)23-5-3-4-6-23/h7-12,19,23H,3-6,13-18,20H2,1-2H3. The SMILES string of the molecule is CC1(C)CCN(C(=O)Oc2ccc(F)cc2)Cc2cc(N3CCN(C4CCCC4)CC3)ccc21. The number of nitrogens with zero attached hydrogens (tertiary/aromatic N) is 3. The molecule has 2 heterocycles. The second kappa shape index (κ2) is 9.57.